The molecule has 0 amide bonds. The Kier molecular flexibility index (Phi) is 2.41. The van der Waals surface area contributed by atoms with Gasteiger partial charge in [0.25, 0.3) is 0 Å². The van der Waals surface area contributed by atoms with E-state index in [2.05, 4.69) is 42.2 Å². The van der Waals surface area contributed by atoms with Crippen LogP contribution in [0, 0.1) is 0 Å². The van der Waals surface area contributed by atoms with Crippen LogP contribution in [0.25, 0.3) is 22.2 Å². The molecular formula is C15H13NO. The third-order valence-corrected chi connectivity index (χ3v) is 3.05. The Labute approximate surface area is 99.9 Å². The summed E-state index contributed by atoms with van der Waals surface area (Å²) in [5, 5.41) is 0. The Hall–Kier alpha value is -2.09. The van der Waals surface area contributed by atoms with E-state index in [-0.39, 0.29) is 0 Å². The van der Waals surface area contributed by atoms with E-state index in [1.807, 2.05) is 12.1 Å². The molecule has 84 valence electrons. The van der Waals surface area contributed by atoms with Crippen molar-refractivity contribution in [3.05, 3.63) is 54.4 Å². The van der Waals surface area contributed by atoms with Gasteiger partial charge in [-0.3, -0.25) is 0 Å². The van der Waals surface area contributed by atoms with Gasteiger partial charge in [-0.1, -0.05) is 43.3 Å². The van der Waals surface area contributed by atoms with Crippen LogP contribution in [0.5, 0.6) is 0 Å². The summed E-state index contributed by atoms with van der Waals surface area (Å²) in [6, 6.07) is 14.5. The number of fused-ring (bicyclic) bond motifs is 1. The predicted molar refractivity (Wildman–Crippen MR) is 68.8 cm³/mol. The molecule has 0 saturated heterocycles. The largest absolute Gasteiger partial charge is 0.443 e. The smallest absolute Gasteiger partial charge is 0.182 e. The van der Waals surface area contributed by atoms with E-state index in [1.54, 1.807) is 0 Å². The van der Waals surface area contributed by atoms with E-state index in [4.69, 9.17) is 4.42 Å². The molecule has 0 unspecified atom stereocenters. The zero-order valence-electron chi connectivity index (χ0n) is 9.68. The highest BCUT2D eigenvalue weighted by Gasteiger charge is 2.09. The number of oxazole rings is 1. The van der Waals surface area contributed by atoms with Crippen molar-refractivity contribution >= 4 is 11.1 Å². The maximum absolute atomic E-state index is 5.34. The summed E-state index contributed by atoms with van der Waals surface area (Å²) in [5.74, 6) is 0. The third-order valence-electron chi connectivity index (χ3n) is 3.05. The van der Waals surface area contributed by atoms with E-state index >= 15 is 0 Å². The van der Waals surface area contributed by atoms with Gasteiger partial charge >= 0.3 is 0 Å². The quantitative estimate of drug-likeness (QED) is 0.654. The van der Waals surface area contributed by atoms with E-state index in [9.17, 15) is 0 Å². The Morgan fingerprint density at radius 1 is 1.00 bits per heavy atom. The van der Waals surface area contributed by atoms with Gasteiger partial charge in [-0.15, -0.1) is 0 Å². The van der Waals surface area contributed by atoms with Gasteiger partial charge in [0.2, 0.25) is 0 Å². The van der Waals surface area contributed by atoms with Crippen molar-refractivity contribution in [1.82, 2.24) is 4.98 Å². The minimum Gasteiger partial charge on any atom is -0.443 e. The topological polar surface area (TPSA) is 26.0 Å². The fourth-order valence-corrected chi connectivity index (χ4v) is 2.20. The predicted octanol–water partition coefficient (Wildman–Crippen LogP) is 4.06. The highest BCUT2D eigenvalue weighted by molar-refractivity contribution is 5.91. The van der Waals surface area contributed by atoms with Crippen molar-refractivity contribution < 1.29 is 4.42 Å². The van der Waals surface area contributed by atoms with E-state index < -0.39 is 0 Å². The minimum absolute atomic E-state index is 0.841. The lowest BCUT2D eigenvalue weighted by Crippen LogP contribution is -1.87. The molecule has 1 aromatic heterocycles. The fraction of sp³-hybridized carbons (Fsp3) is 0.133. The molecule has 17 heavy (non-hydrogen) atoms. The second-order valence-corrected chi connectivity index (χ2v) is 4.02. The summed E-state index contributed by atoms with van der Waals surface area (Å²) in [7, 11) is 0. The molecule has 2 nitrogen and oxygen atoms in total. The Bertz CT molecular complexity index is 655. The maximum atomic E-state index is 5.34. The van der Waals surface area contributed by atoms with Crippen LogP contribution in [0.4, 0.5) is 0 Å². The fourth-order valence-electron chi connectivity index (χ4n) is 2.20. The highest BCUT2D eigenvalue weighted by atomic mass is 16.3. The highest BCUT2D eigenvalue weighted by Crippen LogP contribution is 2.30. The molecule has 0 saturated carbocycles. The molecule has 0 bridgehead atoms. The molecule has 0 atom stereocenters. The summed E-state index contributed by atoms with van der Waals surface area (Å²) in [6.45, 7) is 2.17. The average Bonchev–Trinajstić information content (AvgIpc) is 2.86. The second kappa shape index (κ2) is 4.06. The second-order valence-electron chi connectivity index (χ2n) is 4.02. The Morgan fingerprint density at radius 2 is 1.82 bits per heavy atom. The summed E-state index contributed by atoms with van der Waals surface area (Å²) in [5.41, 5.74) is 5.51. The number of para-hydroxylation sites is 1. The molecule has 0 aliphatic carbocycles. The van der Waals surface area contributed by atoms with Crippen molar-refractivity contribution in [2.45, 2.75) is 13.3 Å². The number of hydrogen-bond acceptors (Lipinski definition) is 2. The summed E-state index contributed by atoms with van der Waals surface area (Å²) in [6.07, 6.45) is 2.52. The third kappa shape index (κ3) is 1.62. The van der Waals surface area contributed by atoms with Crippen molar-refractivity contribution in [2.24, 2.45) is 0 Å². The van der Waals surface area contributed by atoms with Crippen LogP contribution >= 0.6 is 0 Å². The first kappa shape index (κ1) is 10.1. The van der Waals surface area contributed by atoms with Gasteiger partial charge in [0, 0.05) is 5.56 Å². The standard InChI is InChI=1S/C15H13NO/c1-2-11-6-3-4-7-12(11)13-8-5-9-14-15(13)16-10-17-14/h3-10H,2H2,1H3. The molecule has 0 radical (unpaired) electrons. The van der Waals surface area contributed by atoms with Gasteiger partial charge in [-0.2, -0.15) is 0 Å². The summed E-state index contributed by atoms with van der Waals surface area (Å²) in [4.78, 5) is 4.30. The van der Waals surface area contributed by atoms with Gasteiger partial charge in [-0.05, 0) is 23.6 Å². The first-order valence-corrected chi connectivity index (χ1v) is 5.80. The number of benzene rings is 2. The SMILES string of the molecule is CCc1ccccc1-c1cccc2ocnc12. The van der Waals surface area contributed by atoms with Gasteiger partial charge in [0.15, 0.2) is 12.0 Å². The lowest BCUT2D eigenvalue weighted by molar-refractivity contribution is 0.602. The summed E-state index contributed by atoms with van der Waals surface area (Å²) < 4.78 is 5.34. The molecule has 0 spiro atoms. The first-order chi connectivity index (χ1) is 8.40. The molecule has 0 aliphatic heterocycles. The molecule has 3 rings (SSSR count). The molecule has 2 aromatic carbocycles. The van der Waals surface area contributed by atoms with Crippen LogP contribution in [-0.2, 0) is 6.42 Å². The van der Waals surface area contributed by atoms with E-state index in [0.29, 0.717) is 0 Å². The van der Waals surface area contributed by atoms with Gasteiger partial charge in [0.1, 0.15) is 5.52 Å². The van der Waals surface area contributed by atoms with Crippen LogP contribution in [0.2, 0.25) is 0 Å². The normalized spacial score (nSPS) is 10.9. The van der Waals surface area contributed by atoms with Crippen LogP contribution < -0.4 is 0 Å². The summed E-state index contributed by atoms with van der Waals surface area (Å²) >= 11 is 0. The van der Waals surface area contributed by atoms with E-state index in [0.717, 1.165) is 23.1 Å². The minimum atomic E-state index is 0.841. The number of hydrogen-bond donors (Lipinski definition) is 0. The van der Waals surface area contributed by atoms with Crippen molar-refractivity contribution in [1.29, 1.82) is 0 Å². The lowest BCUT2D eigenvalue weighted by Gasteiger charge is -2.07. The van der Waals surface area contributed by atoms with Crippen LogP contribution in [-0.4, -0.2) is 4.98 Å². The average molecular weight is 223 g/mol. The lowest BCUT2D eigenvalue weighted by atomic mass is 9.97. The first-order valence-electron chi connectivity index (χ1n) is 5.80. The van der Waals surface area contributed by atoms with E-state index in [1.165, 1.54) is 17.5 Å². The van der Waals surface area contributed by atoms with Crippen molar-refractivity contribution in [2.75, 3.05) is 0 Å². The van der Waals surface area contributed by atoms with Crippen LogP contribution in [0.15, 0.2) is 53.3 Å². The Morgan fingerprint density at radius 3 is 2.71 bits per heavy atom. The zero-order valence-corrected chi connectivity index (χ0v) is 9.68. The molecule has 3 aromatic rings. The van der Waals surface area contributed by atoms with Gasteiger partial charge in [-0.25, -0.2) is 4.98 Å². The van der Waals surface area contributed by atoms with Gasteiger partial charge < -0.3 is 4.42 Å². The zero-order chi connectivity index (χ0) is 11.7. The number of aromatic nitrogens is 1. The van der Waals surface area contributed by atoms with Crippen molar-refractivity contribution in [3.63, 3.8) is 0 Å². The van der Waals surface area contributed by atoms with Crippen molar-refractivity contribution in [3.8, 4) is 11.1 Å². The Balaban J connectivity index is 2.30. The maximum Gasteiger partial charge on any atom is 0.182 e. The molecule has 0 aliphatic rings. The number of nitrogens with zero attached hydrogens (tertiary/aromatic N) is 1. The molecule has 0 N–H and O–H groups in total. The molecule has 0 fully saturated rings. The molecule has 1 heterocycles. The number of rotatable bonds is 2. The van der Waals surface area contributed by atoms with Crippen LogP contribution in [0.3, 0.4) is 0 Å². The van der Waals surface area contributed by atoms with Gasteiger partial charge in [0.05, 0.1) is 0 Å². The monoisotopic (exact) mass is 223 g/mol. The molecule has 2 heteroatoms. The van der Waals surface area contributed by atoms with Crippen LogP contribution in [0.1, 0.15) is 12.5 Å². The number of aryl methyl sites for hydroxylation is 1. The molecular weight excluding hydrogens is 210 g/mol.